The van der Waals surface area contributed by atoms with Gasteiger partial charge in [0.05, 0.1) is 13.2 Å². The predicted molar refractivity (Wildman–Crippen MR) is 45.1 cm³/mol. The molecule has 0 aliphatic heterocycles. The van der Waals surface area contributed by atoms with E-state index in [0.29, 0.717) is 0 Å². The second-order valence-corrected chi connectivity index (χ2v) is 2.46. The number of hydrogen-bond donors (Lipinski definition) is 3. The molecule has 0 rings (SSSR count). The van der Waals surface area contributed by atoms with Crippen molar-refractivity contribution in [3.8, 4) is 0 Å². The van der Waals surface area contributed by atoms with Crippen LogP contribution in [0.1, 0.15) is 0 Å². The Balaban J connectivity index is 3.75. The molecule has 0 spiro atoms. The third kappa shape index (κ3) is 4.74. The van der Waals surface area contributed by atoms with E-state index in [4.69, 9.17) is 20.1 Å². The van der Waals surface area contributed by atoms with E-state index in [1.807, 2.05) is 0 Å². The average molecular weight is 190 g/mol. The summed E-state index contributed by atoms with van der Waals surface area (Å²) in [6.07, 6.45) is -1.57. The molecule has 0 aromatic carbocycles. The van der Waals surface area contributed by atoms with E-state index >= 15 is 0 Å². The zero-order chi connectivity index (χ0) is 10.3. The highest BCUT2D eigenvalue weighted by Gasteiger charge is 2.22. The van der Waals surface area contributed by atoms with Crippen LogP contribution in [0.25, 0.3) is 0 Å². The molecule has 5 heteroatoms. The first-order chi connectivity index (χ1) is 6.13. The SMILES string of the molecule is C=CCOCC(=O)[C@@H](O)[C@H](O)CO. The van der Waals surface area contributed by atoms with E-state index in [1.165, 1.54) is 6.08 Å². The third-order valence-electron chi connectivity index (χ3n) is 1.36. The van der Waals surface area contributed by atoms with Gasteiger partial charge in [0.2, 0.25) is 0 Å². The summed E-state index contributed by atoms with van der Waals surface area (Å²) in [6.45, 7) is 2.61. The van der Waals surface area contributed by atoms with Crippen molar-refractivity contribution < 1.29 is 24.9 Å². The molecule has 5 nitrogen and oxygen atoms in total. The highest BCUT2D eigenvalue weighted by Crippen LogP contribution is 1.95. The van der Waals surface area contributed by atoms with E-state index in [2.05, 4.69) is 6.58 Å². The molecule has 0 aromatic heterocycles. The molecule has 76 valence electrons. The van der Waals surface area contributed by atoms with E-state index in [9.17, 15) is 4.79 Å². The summed E-state index contributed by atoms with van der Waals surface area (Å²) in [4.78, 5) is 10.9. The molecular weight excluding hydrogens is 176 g/mol. The highest BCUT2D eigenvalue weighted by atomic mass is 16.5. The van der Waals surface area contributed by atoms with Crippen LogP contribution in [0.15, 0.2) is 12.7 Å². The fourth-order valence-corrected chi connectivity index (χ4v) is 0.643. The number of aliphatic hydroxyl groups excluding tert-OH is 3. The van der Waals surface area contributed by atoms with Gasteiger partial charge in [0.25, 0.3) is 0 Å². The van der Waals surface area contributed by atoms with Crippen LogP contribution in [-0.2, 0) is 9.53 Å². The molecule has 0 bridgehead atoms. The lowest BCUT2D eigenvalue weighted by Crippen LogP contribution is -2.38. The fraction of sp³-hybridized carbons (Fsp3) is 0.625. The van der Waals surface area contributed by atoms with Crippen LogP contribution in [0.3, 0.4) is 0 Å². The summed E-state index contributed by atoms with van der Waals surface area (Å²) < 4.78 is 4.74. The number of ketones is 1. The average Bonchev–Trinajstić information content (AvgIpc) is 2.15. The third-order valence-corrected chi connectivity index (χ3v) is 1.36. The largest absolute Gasteiger partial charge is 0.394 e. The summed E-state index contributed by atoms with van der Waals surface area (Å²) in [7, 11) is 0. The Morgan fingerprint density at radius 3 is 2.62 bits per heavy atom. The van der Waals surface area contributed by atoms with Crippen LogP contribution in [0.4, 0.5) is 0 Å². The van der Waals surface area contributed by atoms with Gasteiger partial charge in [-0.25, -0.2) is 0 Å². The van der Waals surface area contributed by atoms with Gasteiger partial charge in [0.15, 0.2) is 5.78 Å². The Morgan fingerprint density at radius 1 is 1.54 bits per heavy atom. The summed E-state index contributed by atoms with van der Waals surface area (Å²) in [5.74, 6) is -0.664. The molecule has 0 saturated heterocycles. The number of ether oxygens (including phenoxy) is 1. The van der Waals surface area contributed by atoms with Crippen molar-refractivity contribution in [1.29, 1.82) is 0 Å². The van der Waals surface area contributed by atoms with Crippen LogP contribution >= 0.6 is 0 Å². The number of carbonyl (C=O) groups excluding carboxylic acids is 1. The number of rotatable bonds is 7. The van der Waals surface area contributed by atoms with Gasteiger partial charge >= 0.3 is 0 Å². The first-order valence-electron chi connectivity index (χ1n) is 3.81. The quantitative estimate of drug-likeness (QED) is 0.335. The molecule has 0 fully saturated rings. The van der Waals surface area contributed by atoms with Crippen LogP contribution in [0.5, 0.6) is 0 Å². The molecule has 0 amide bonds. The first-order valence-corrected chi connectivity index (χ1v) is 3.81. The van der Waals surface area contributed by atoms with Crippen molar-refractivity contribution in [2.24, 2.45) is 0 Å². The second kappa shape index (κ2) is 6.73. The minimum absolute atomic E-state index is 0.202. The minimum Gasteiger partial charge on any atom is -0.394 e. The summed E-state index contributed by atoms with van der Waals surface area (Å²) in [5.41, 5.74) is 0. The Kier molecular flexibility index (Phi) is 6.34. The van der Waals surface area contributed by atoms with E-state index in [1.54, 1.807) is 0 Å². The number of hydrogen-bond acceptors (Lipinski definition) is 5. The monoisotopic (exact) mass is 190 g/mol. The van der Waals surface area contributed by atoms with Crippen molar-refractivity contribution in [1.82, 2.24) is 0 Å². The zero-order valence-corrected chi connectivity index (χ0v) is 7.22. The lowest BCUT2D eigenvalue weighted by molar-refractivity contribution is -0.138. The molecular formula is C8H14O5. The van der Waals surface area contributed by atoms with E-state index in [-0.39, 0.29) is 13.2 Å². The van der Waals surface area contributed by atoms with Gasteiger partial charge in [-0.1, -0.05) is 6.08 Å². The smallest absolute Gasteiger partial charge is 0.189 e. The van der Waals surface area contributed by atoms with Gasteiger partial charge in [-0.05, 0) is 0 Å². The van der Waals surface area contributed by atoms with E-state index < -0.39 is 24.6 Å². The maximum atomic E-state index is 10.9. The van der Waals surface area contributed by atoms with E-state index in [0.717, 1.165) is 0 Å². The van der Waals surface area contributed by atoms with Gasteiger partial charge in [-0.2, -0.15) is 0 Å². The van der Waals surface area contributed by atoms with Crippen LogP contribution in [0.2, 0.25) is 0 Å². The first kappa shape index (κ1) is 12.2. The fourth-order valence-electron chi connectivity index (χ4n) is 0.643. The van der Waals surface area contributed by atoms with Crippen LogP contribution < -0.4 is 0 Å². The van der Waals surface area contributed by atoms with Crippen LogP contribution in [0, 0.1) is 0 Å². The zero-order valence-electron chi connectivity index (χ0n) is 7.22. The van der Waals surface area contributed by atoms with Gasteiger partial charge in [0, 0.05) is 0 Å². The summed E-state index contributed by atoms with van der Waals surface area (Å²) >= 11 is 0. The van der Waals surface area contributed by atoms with Gasteiger partial charge in [0.1, 0.15) is 18.8 Å². The lowest BCUT2D eigenvalue weighted by Gasteiger charge is -2.13. The molecule has 13 heavy (non-hydrogen) atoms. The molecule has 0 radical (unpaired) electrons. The van der Waals surface area contributed by atoms with Crippen molar-refractivity contribution >= 4 is 5.78 Å². The Hall–Kier alpha value is -0.750. The maximum absolute atomic E-state index is 10.9. The molecule has 0 saturated carbocycles. The van der Waals surface area contributed by atoms with Crippen molar-refractivity contribution in [3.05, 3.63) is 12.7 Å². The molecule has 0 heterocycles. The standard InChI is InChI=1S/C8H14O5/c1-2-3-13-5-7(11)8(12)6(10)4-9/h2,6,8-10,12H,1,3-5H2/t6-,8+/m1/s1. The summed E-state index contributed by atoms with van der Waals surface area (Å²) in [5, 5.41) is 26.3. The Morgan fingerprint density at radius 2 is 2.15 bits per heavy atom. The van der Waals surface area contributed by atoms with Crippen molar-refractivity contribution in [2.45, 2.75) is 12.2 Å². The Labute approximate surface area is 76.3 Å². The van der Waals surface area contributed by atoms with Crippen molar-refractivity contribution in [2.75, 3.05) is 19.8 Å². The number of carbonyl (C=O) groups is 1. The predicted octanol–water partition coefficient (Wildman–Crippen LogP) is -1.53. The molecule has 0 aliphatic carbocycles. The van der Waals surface area contributed by atoms with Crippen molar-refractivity contribution in [3.63, 3.8) is 0 Å². The molecule has 0 aliphatic rings. The van der Waals surface area contributed by atoms with Crippen LogP contribution in [-0.4, -0.2) is 53.1 Å². The normalized spacial score (nSPS) is 15.0. The summed E-state index contributed by atoms with van der Waals surface area (Å²) in [6, 6.07) is 0. The van der Waals surface area contributed by atoms with Gasteiger partial charge in [-0.15, -0.1) is 6.58 Å². The van der Waals surface area contributed by atoms with Gasteiger partial charge in [-0.3, -0.25) is 4.79 Å². The molecule has 3 N–H and O–H groups in total. The van der Waals surface area contributed by atoms with Gasteiger partial charge < -0.3 is 20.1 Å². The maximum Gasteiger partial charge on any atom is 0.189 e. The lowest BCUT2D eigenvalue weighted by atomic mass is 10.1. The molecule has 2 atom stereocenters. The highest BCUT2D eigenvalue weighted by molar-refractivity contribution is 5.84. The molecule has 0 unspecified atom stereocenters. The second-order valence-electron chi connectivity index (χ2n) is 2.46. The number of aliphatic hydroxyl groups is 3. The minimum atomic E-state index is -1.59. The number of Topliss-reactive ketones (excluding diaryl/α,β-unsaturated/α-hetero) is 1. The topological polar surface area (TPSA) is 87.0 Å². The molecule has 0 aromatic rings. The Bertz CT molecular complexity index is 168.